The third-order valence-electron chi connectivity index (χ3n) is 11.0. The van der Waals surface area contributed by atoms with E-state index in [0.717, 1.165) is 81.7 Å². The Morgan fingerprint density at radius 2 is 1.08 bits per heavy atom. The van der Waals surface area contributed by atoms with Gasteiger partial charge in [0.15, 0.2) is 0 Å². The maximum atomic E-state index is 13.2. The number of hydrogen-bond donors (Lipinski definition) is 2. The van der Waals surface area contributed by atoms with E-state index in [1.54, 1.807) is 0 Å². The van der Waals surface area contributed by atoms with Gasteiger partial charge in [0.25, 0.3) is 0 Å². The van der Waals surface area contributed by atoms with E-state index in [1.165, 1.54) is 0 Å². The number of imidazole rings is 2. The summed E-state index contributed by atoms with van der Waals surface area (Å²) in [5, 5.41) is 2.27. The standard InChI is InChI=1S/C42H46N6O4/c1-41(2,3)51-39(49)47-33-17-25(33)19-35(47)37-43-21-31(45-37)24-15-13-23(14-16-24)27-9-7-11-29-28(27)10-8-12-30(29)32-22-44-38(46-32)36-20-26-18-34(26)48(36)40(50)52-42(4,5)6/h7-16,21-22,25-26,33-36H,17-20H2,1-6H3,(H,43,45)(H,44,46)/t25?,26?,33?,34?,35-,36-/m0/s1. The average Bonchev–Trinajstić information content (AvgIpc) is 3.68. The molecule has 4 heterocycles. The van der Waals surface area contributed by atoms with Crippen molar-refractivity contribution >= 4 is 23.0 Å². The second kappa shape index (κ2) is 11.7. The van der Waals surface area contributed by atoms with Crippen molar-refractivity contribution in [2.45, 2.75) is 103 Å². The molecule has 2 saturated heterocycles. The Labute approximate surface area is 303 Å². The number of nitrogens with one attached hydrogen (secondary N) is 2. The quantitative estimate of drug-likeness (QED) is 0.189. The summed E-state index contributed by atoms with van der Waals surface area (Å²) in [7, 11) is 0. The van der Waals surface area contributed by atoms with Crippen molar-refractivity contribution in [2.75, 3.05) is 0 Å². The number of carbonyl (C=O) groups is 2. The van der Waals surface area contributed by atoms with E-state index in [2.05, 4.69) is 70.6 Å². The molecule has 2 amide bonds. The highest BCUT2D eigenvalue weighted by atomic mass is 16.6. The first-order valence-corrected chi connectivity index (χ1v) is 18.6. The second-order valence-electron chi connectivity index (χ2n) is 17.1. The SMILES string of the molecule is CC(C)(C)OC(=O)N1C2CC2C[C@H]1c1ncc(-c2ccc(-c3cccc4c(-c5cnc([C@@H]6CC7CC7N6C(=O)OC(C)(C)C)[nH]5)cccc34)cc2)[nH]1. The molecule has 2 N–H and O–H groups in total. The number of hydrogen-bond acceptors (Lipinski definition) is 6. The van der Waals surface area contributed by atoms with Crippen molar-refractivity contribution in [1.29, 1.82) is 0 Å². The number of carbonyl (C=O) groups excluding carboxylic acids is 2. The smallest absolute Gasteiger partial charge is 0.411 e. The highest BCUT2D eigenvalue weighted by Gasteiger charge is 2.57. The number of likely N-dealkylation sites (tertiary alicyclic amines) is 2. The van der Waals surface area contributed by atoms with Crippen molar-refractivity contribution in [3.63, 3.8) is 0 Å². The fourth-order valence-corrected chi connectivity index (χ4v) is 8.48. The molecule has 4 fully saturated rings. The number of fused-ring (bicyclic) bond motifs is 3. The molecule has 52 heavy (non-hydrogen) atoms. The predicted octanol–water partition coefficient (Wildman–Crippen LogP) is 9.43. The zero-order chi connectivity index (χ0) is 36.1. The van der Waals surface area contributed by atoms with E-state index >= 15 is 0 Å². The van der Waals surface area contributed by atoms with Gasteiger partial charge < -0.3 is 19.4 Å². The van der Waals surface area contributed by atoms with E-state index < -0.39 is 11.2 Å². The van der Waals surface area contributed by atoms with Gasteiger partial charge in [-0.2, -0.15) is 0 Å². The average molecular weight is 699 g/mol. The topological polar surface area (TPSA) is 116 Å². The first-order valence-electron chi connectivity index (χ1n) is 18.6. The lowest BCUT2D eigenvalue weighted by molar-refractivity contribution is 0.0164. The van der Waals surface area contributed by atoms with Crippen LogP contribution in [0.25, 0.3) is 44.4 Å². The predicted molar refractivity (Wildman–Crippen MR) is 199 cm³/mol. The second-order valence-corrected chi connectivity index (χ2v) is 17.1. The lowest BCUT2D eigenvalue weighted by atomic mass is 9.94. The fourth-order valence-electron chi connectivity index (χ4n) is 8.48. The summed E-state index contributed by atoms with van der Waals surface area (Å²) in [4.78, 5) is 46.7. The minimum Gasteiger partial charge on any atom is -0.444 e. The van der Waals surface area contributed by atoms with E-state index in [1.807, 2.05) is 63.7 Å². The molecule has 2 aliphatic carbocycles. The zero-order valence-corrected chi connectivity index (χ0v) is 30.6. The number of aromatic amines is 2. The van der Waals surface area contributed by atoms with Crippen LogP contribution in [0, 0.1) is 11.8 Å². The molecule has 2 aromatic heterocycles. The summed E-state index contributed by atoms with van der Waals surface area (Å²) in [6.45, 7) is 11.4. The van der Waals surface area contributed by atoms with Gasteiger partial charge in [-0.05, 0) is 107 Å². The number of rotatable bonds is 5. The maximum Gasteiger partial charge on any atom is 0.411 e. The summed E-state index contributed by atoms with van der Waals surface area (Å²) in [5.41, 5.74) is 5.12. The van der Waals surface area contributed by atoms with E-state index in [-0.39, 0.29) is 36.4 Å². The van der Waals surface area contributed by atoms with Gasteiger partial charge in [-0.1, -0.05) is 60.7 Å². The largest absolute Gasteiger partial charge is 0.444 e. The molecule has 5 aromatic rings. The lowest BCUT2D eigenvalue weighted by Gasteiger charge is -2.29. The van der Waals surface area contributed by atoms with E-state index in [0.29, 0.717) is 11.8 Å². The minimum absolute atomic E-state index is 0.102. The Morgan fingerprint density at radius 1 is 0.615 bits per heavy atom. The van der Waals surface area contributed by atoms with Crippen LogP contribution in [0.2, 0.25) is 0 Å². The molecule has 10 heteroatoms. The Bertz CT molecular complexity index is 2190. The van der Waals surface area contributed by atoms with Gasteiger partial charge in [0, 0.05) is 17.6 Å². The fraction of sp³-hybridized carbons (Fsp3) is 0.429. The van der Waals surface area contributed by atoms with Crippen LogP contribution in [-0.2, 0) is 9.47 Å². The van der Waals surface area contributed by atoms with Crippen molar-refractivity contribution < 1.29 is 19.1 Å². The summed E-state index contributed by atoms with van der Waals surface area (Å²) in [6, 6.07) is 21.6. The Hall–Kier alpha value is -5.12. The molecule has 0 spiro atoms. The van der Waals surface area contributed by atoms with Gasteiger partial charge in [0.2, 0.25) is 0 Å². The van der Waals surface area contributed by atoms with Crippen LogP contribution < -0.4 is 0 Å². The Balaban J connectivity index is 0.952. The molecular formula is C42H46N6O4. The van der Waals surface area contributed by atoms with Gasteiger partial charge in [0.1, 0.15) is 22.9 Å². The van der Waals surface area contributed by atoms with Crippen molar-refractivity contribution in [3.8, 4) is 33.6 Å². The molecule has 9 rings (SSSR count). The van der Waals surface area contributed by atoms with E-state index in [9.17, 15) is 9.59 Å². The first-order chi connectivity index (χ1) is 24.8. The molecule has 10 nitrogen and oxygen atoms in total. The number of piperidine rings is 2. The van der Waals surface area contributed by atoms with E-state index in [4.69, 9.17) is 19.4 Å². The number of benzene rings is 3. The minimum atomic E-state index is -0.547. The van der Waals surface area contributed by atoms with Crippen LogP contribution in [0.1, 0.15) is 91.0 Å². The summed E-state index contributed by atoms with van der Waals surface area (Å²) in [5.74, 6) is 2.65. The van der Waals surface area contributed by atoms with Gasteiger partial charge in [-0.15, -0.1) is 0 Å². The number of nitrogens with zero attached hydrogens (tertiary/aromatic N) is 4. The molecule has 4 aliphatic rings. The van der Waals surface area contributed by atoms with Gasteiger partial charge >= 0.3 is 12.2 Å². The van der Waals surface area contributed by atoms with Crippen molar-refractivity contribution in [2.24, 2.45) is 11.8 Å². The Morgan fingerprint density at radius 3 is 1.62 bits per heavy atom. The molecule has 6 atom stereocenters. The molecule has 4 unspecified atom stereocenters. The lowest BCUT2D eigenvalue weighted by Crippen LogP contribution is -2.38. The first kappa shape index (κ1) is 32.8. The maximum absolute atomic E-state index is 13.2. The highest BCUT2D eigenvalue weighted by molar-refractivity contribution is 6.04. The zero-order valence-electron chi connectivity index (χ0n) is 30.6. The van der Waals surface area contributed by atoms with Crippen LogP contribution in [0.3, 0.4) is 0 Å². The summed E-state index contributed by atoms with van der Waals surface area (Å²) < 4.78 is 11.5. The normalized spacial score (nSPS) is 24.9. The Kier molecular flexibility index (Phi) is 7.37. The molecule has 2 aliphatic heterocycles. The molecule has 0 bridgehead atoms. The van der Waals surface area contributed by atoms with Crippen molar-refractivity contribution in [1.82, 2.24) is 29.7 Å². The molecule has 2 saturated carbocycles. The monoisotopic (exact) mass is 698 g/mol. The summed E-state index contributed by atoms with van der Waals surface area (Å²) >= 11 is 0. The highest BCUT2D eigenvalue weighted by Crippen LogP contribution is 2.54. The number of aromatic nitrogens is 4. The third-order valence-corrected chi connectivity index (χ3v) is 11.0. The molecule has 0 radical (unpaired) electrons. The van der Waals surface area contributed by atoms with Gasteiger partial charge in [0.05, 0.1) is 35.9 Å². The van der Waals surface area contributed by atoms with Gasteiger partial charge in [-0.3, -0.25) is 9.80 Å². The van der Waals surface area contributed by atoms with Gasteiger partial charge in [-0.25, -0.2) is 19.6 Å². The van der Waals surface area contributed by atoms with Crippen LogP contribution in [0.5, 0.6) is 0 Å². The van der Waals surface area contributed by atoms with Crippen LogP contribution in [0.15, 0.2) is 73.1 Å². The molecular weight excluding hydrogens is 652 g/mol. The third kappa shape index (κ3) is 5.91. The molecule has 268 valence electrons. The van der Waals surface area contributed by atoms with Crippen LogP contribution >= 0.6 is 0 Å². The summed E-state index contributed by atoms with van der Waals surface area (Å²) in [6.07, 6.45) is 7.13. The number of ether oxygens (including phenoxy) is 2. The van der Waals surface area contributed by atoms with Crippen LogP contribution in [-0.4, -0.2) is 65.2 Å². The van der Waals surface area contributed by atoms with Crippen molar-refractivity contribution in [3.05, 3.63) is 84.7 Å². The molecule has 3 aromatic carbocycles. The number of amides is 2. The number of H-pyrrole nitrogens is 2. The van der Waals surface area contributed by atoms with Crippen LogP contribution in [0.4, 0.5) is 9.59 Å².